The predicted octanol–water partition coefficient (Wildman–Crippen LogP) is 2.93. The molecule has 0 aromatic heterocycles. The Labute approximate surface area is 125 Å². The molecule has 0 spiro atoms. The summed E-state index contributed by atoms with van der Waals surface area (Å²) in [5.74, 6) is 0. The van der Waals surface area contributed by atoms with Crippen LogP contribution in [-0.2, 0) is 0 Å². The molecule has 1 saturated heterocycles. The highest BCUT2D eigenvalue weighted by Gasteiger charge is 2.22. The number of nitrogens with zero attached hydrogens (tertiary/aromatic N) is 1. The van der Waals surface area contributed by atoms with Gasteiger partial charge in [-0.05, 0) is 33.6 Å². The van der Waals surface area contributed by atoms with Gasteiger partial charge < -0.3 is 11.1 Å². The van der Waals surface area contributed by atoms with E-state index in [-0.39, 0.29) is 6.04 Å². The molecule has 0 amide bonds. The fraction of sp³-hybridized carbons (Fsp3) is 0.385. The SMILES string of the molecule is C=C[C@H](c1cc(Br)cc(Br)c1N)N1CCNCC1. The minimum absolute atomic E-state index is 0.167. The number of halogens is 2. The number of nitrogen functional groups attached to an aromatic ring is 1. The molecule has 1 fully saturated rings. The number of nitrogens with one attached hydrogen (secondary N) is 1. The Kier molecular flexibility index (Phi) is 4.84. The highest BCUT2D eigenvalue weighted by atomic mass is 79.9. The third-order valence-corrected chi connectivity index (χ3v) is 4.33. The van der Waals surface area contributed by atoms with Gasteiger partial charge in [0.2, 0.25) is 0 Å². The predicted molar refractivity (Wildman–Crippen MR) is 83.6 cm³/mol. The lowest BCUT2D eigenvalue weighted by atomic mass is 10.0. The fourth-order valence-corrected chi connectivity index (χ4v) is 3.54. The molecule has 2 rings (SSSR count). The summed E-state index contributed by atoms with van der Waals surface area (Å²) in [7, 11) is 0. The molecule has 1 heterocycles. The first kappa shape index (κ1) is 14.1. The number of anilines is 1. The summed E-state index contributed by atoms with van der Waals surface area (Å²) in [4.78, 5) is 2.40. The molecule has 0 saturated carbocycles. The van der Waals surface area contributed by atoms with Crippen LogP contribution in [0.25, 0.3) is 0 Å². The van der Waals surface area contributed by atoms with Gasteiger partial charge in [0.15, 0.2) is 0 Å². The second-order valence-corrected chi connectivity index (χ2v) is 6.13. The largest absolute Gasteiger partial charge is 0.398 e. The molecule has 1 aliphatic rings. The van der Waals surface area contributed by atoms with Crippen molar-refractivity contribution in [3.8, 4) is 0 Å². The van der Waals surface area contributed by atoms with Crippen molar-refractivity contribution in [1.29, 1.82) is 0 Å². The smallest absolute Gasteiger partial charge is 0.0551 e. The number of piperazine rings is 1. The van der Waals surface area contributed by atoms with E-state index in [1.54, 1.807) is 0 Å². The third kappa shape index (κ3) is 2.96. The van der Waals surface area contributed by atoms with Gasteiger partial charge in [-0.1, -0.05) is 22.0 Å². The van der Waals surface area contributed by atoms with E-state index in [4.69, 9.17) is 5.73 Å². The molecule has 3 nitrogen and oxygen atoms in total. The maximum absolute atomic E-state index is 6.18. The molecular weight excluding hydrogens is 358 g/mol. The van der Waals surface area contributed by atoms with Gasteiger partial charge in [-0.25, -0.2) is 0 Å². The summed E-state index contributed by atoms with van der Waals surface area (Å²) in [6, 6.07) is 4.21. The molecular formula is C13H17Br2N3. The van der Waals surface area contributed by atoms with Gasteiger partial charge in [-0.3, -0.25) is 4.90 Å². The molecule has 0 unspecified atom stereocenters. The van der Waals surface area contributed by atoms with Crippen LogP contribution in [0.2, 0.25) is 0 Å². The molecule has 0 radical (unpaired) electrons. The van der Waals surface area contributed by atoms with Crippen molar-refractivity contribution < 1.29 is 0 Å². The zero-order valence-electron chi connectivity index (χ0n) is 10.1. The van der Waals surface area contributed by atoms with Crippen LogP contribution in [-0.4, -0.2) is 31.1 Å². The van der Waals surface area contributed by atoms with Gasteiger partial charge in [-0.15, -0.1) is 6.58 Å². The lowest BCUT2D eigenvalue weighted by Crippen LogP contribution is -2.44. The molecule has 1 aromatic carbocycles. The summed E-state index contributed by atoms with van der Waals surface area (Å²) in [6.45, 7) is 8.02. The second kappa shape index (κ2) is 6.19. The lowest BCUT2D eigenvalue weighted by molar-refractivity contribution is 0.204. The number of benzene rings is 1. The Morgan fingerprint density at radius 2 is 2.00 bits per heavy atom. The van der Waals surface area contributed by atoms with Crippen LogP contribution in [0.5, 0.6) is 0 Å². The van der Waals surface area contributed by atoms with Crippen LogP contribution in [0, 0.1) is 0 Å². The maximum atomic E-state index is 6.18. The summed E-state index contributed by atoms with van der Waals surface area (Å²) >= 11 is 7.02. The average molecular weight is 375 g/mol. The van der Waals surface area contributed by atoms with Crippen LogP contribution >= 0.6 is 31.9 Å². The number of hydrogen-bond acceptors (Lipinski definition) is 3. The second-order valence-electron chi connectivity index (χ2n) is 4.36. The first-order valence-electron chi connectivity index (χ1n) is 5.95. The van der Waals surface area contributed by atoms with Gasteiger partial charge in [0, 0.05) is 35.1 Å². The Hall–Kier alpha value is -0.360. The molecule has 98 valence electrons. The van der Waals surface area contributed by atoms with E-state index in [0.29, 0.717) is 0 Å². The lowest BCUT2D eigenvalue weighted by Gasteiger charge is -2.34. The van der Waals surface area contributed by atoms with Crippen molar-refractivity contribution in [2.24, 2.45) is 0 Å². The van der Waals surface area contributed by atoms with Crippen molar-refractivity contribution in [1.82, 2.24) is 10.2 Å². The molecule has 1 aliphatic heterocycles. The van der Waals surface area contributed by atoms with E-state index < -0.39 is 0 Å². The van der Waals surface area contributed by atoms with Crippen molar-refractivity contribution in [3.63, 3.8) is 0 Å². The molecule has 3 N–H and O–H groups in total. The van der Waals surface area contributed by atoms with Gasteiger partial charge in [0.05, 0.1) is 11.7 Å². The van der Waals surface area contributed by atoms with E-state index in [0.717, 1.165) is 46.4 Å². The molecule has 0 bridgehead atoms. The molecule has 1 aromatic rings. The van der Waals surface area contributed by atoms with Gasteiger partial charge in [0.1, 0.15) is 0 Å². The van der Waals surface area contributed by atoms with Gasteiger partial charge in [0.25, 0.3) is 0 Å². The zero-order chi connectivity index (χ0) is 13.1. The van der Waals surface area contributed by atoms with E-state index in [1.807, 2.05) is 12.1 Å². The molecule has 0 aliphatic carbocycles. The van der Waals surface area contributed by atoms with E-state index in [2.05, 4.69) is 54.7 Å². The van der Waals surface area contributed by atoms with Crippen LogP contribution in [0.4, 0.5) is 5.69 Å². The van der Waals surface area contributed by atoms with Gasteiger partial charge >= 0.3 is 0 Å². The first-order chi connectivity index (χ1) is 8.63. The summed E-state index contributed by atoms with van der Waals surface area (Å²) in [5.41, 5.74) is 8.07. The van der Waals surface area contributed by atoms with Crippen LogP contribution < -0.4 is 11.1 Å². The number of nitrogens with two attached hydrogens (primary N) is 1. The molecule has 5 heteroatoms. The molecule has 18 heavy (non-hydrogen) atoms. The normalized spacial score (nSPS) is 18.6. The van der Waals surface area contributed by atoms with Crippen LogP contribution in [0.3, 0.4) is 0 Å². The minimum Gasteiger partial charge on any atom is -0.398 e. The minimum atomic E-state index is 0.167. The zero-order valence-corrected chi connectivity index (χ0v) is 13.3. The van der Waals surface area contributed by atoms with Crippen molar-refractivity contribution in [3.05, 3.63) is 39.3 Å². The van der Waals surface area contributed by atoms with Crippen LogP contribution in [0.15, 0.2) is 33.7 Å². The molecule has 1 atom stereocenters. The van der Waals surface area contributed by atoms with Crippen molar-refractivity contribution in [2.75, 3.05) is 31.9 Å². The quantitative estimate of drug-likeness (QED) is 0.631. The monoisotopic (exact) mass is 373 g/mol. The fourth-order valence-electron chi connectivity index (χ4n) is 2.28. The topological polar surface area (TPSA) is 41.3 Å². The standard InChI is InChI=1S/C13H17Br2N3/c1-2-12(18-5-3-17-4-6-18)10-7-9(14)8-11(15)13(10)16/h2,7-8,12,17H,1,3-6,16H2/t12-/m1/s1. The Bertz CT molecular complexity index is 442. The maximum Gasteiger partial charge on any atom is 0.0551 e. The highest BCUT2D eigenvalue weighted by Crippen LogP contribution is 2.35. The summed E-state index contributed by atoms with van der Waals surface area (Å²) < 4.78 is 1.95. The highest BCUT2D eigenvalue weighted by molar-refractivity contribution is 9.11. The Morgan fingerprint density at radius 1 is 1.33 bits per heavy atom. The summed E-state index contributed by atoms with van der Waals surface area (Å²) in [5, 5.41) is 3.36. The third-order valence-electron chi connectivity index (χ3n) is 3.21. The van der Waals surface area contributed by atoms with E-state index >= 15 is 0 Å². The van der Waals surface area contributed by atoms with E-state index in [1.165, 1.54) is 0 Å². The van der Waals surface area contributed by atoms with Crippen molar-refractivity contribution in [2.45, 2.75) is 6.04 Å². The van der Waals surface area contributed by atoms with Crippen LogP contribution in [0.1, 0.15) is 11.6 Å². The number of hydrogen-bond donors (Lipinski definition) is 2. The van der Waals surface area contributed by atoms with Gasteiger partial charge in [-0.2, -0.15) is 0 Å². The van der Waals surface area contributed by atoms with E-state index in [9.17, 15) is 0 Å². The Balaban J connectivity index is 2.34. The van der Waals surface area contributed by atoms with Crippen molar-refractivity contribution >= 4 is 37.5 Å². The average Bonchev–Trinajstić information content (AvgIpc) is 2.37. The Morgan fingerprint density at radius 3 is 2.61 bits per heavy atom. The number of rotatable bonds is 3. The summed E-state index contributed by atoms with van der Waals surface area (Å²) in [6.07, 6.45) is 1.97. The first-order valence-corrected chi connectivity index (χ1v) is 7.54.